The lowest BCUT2D eigenvalue weighted by Gasteiger charge is -2.10. The number of anilines is 1. The summed E-state index contributed by atoms with van der Waals surface area (Å²) in [4.78, 5) is 36.8. The number of hydrogen-bond acceptors (Lipinski definition) is 3. The topological polar surface area (TPSA) is 87.3 Å². The number of carbonyl (C=O) groups excluding carboxylic acids is 3. The second-order valence-corrected chi connectivity index (χ2v) is 7.35. The van der Waals surface area contributed by atoms with Gasteiger partial charge in [-0.15, -0.1) is 0 Å². The Balaban J connectivity index is 1.63. The predicted molar refractivity (Wildman–Crippen MR) is 117 cm³/mol. The van der Waals surface area contributed by atoms with Gasteiger partial charge < -0.3 is 5.32 Å². The lowest BCUT2D eigenvalue weighted by atomic mass is 10.1. The van der Waals surface area contributed by atoms with Gasteiger partial charge in [-0.1, -0.05) is 40.9 Å². The number of carbonyl (C=O) groups is 3. The van der Waals surface area contributed by atoms with Gasteiger partial charge in [-0.05, 0) is 60.7 Å². The quantitative estimate of drug-likeness (QED) is 0.478. The van der Waals surface area contributed by atoms with Crippen molar-refractivity contribution in [3.05, 3.63) is 98.5 Å². The zero-order valence-electron chi connectivity index (χ0n) is 15.2. The fourth-order valence-electron chi connectivity index (χ4n) is 2.47. The first-order valence-electron chi connectivity index (χ1n) is 8.56. The molecule has 0 aromatic heterocycles. The van der Waals surface area contributed by atoms with Crippen LogP contribution in [0.1, 0.15) is 31.1 Å². The molecule has 0 radical (unpaired) electrons. The summed E-state index contributed by atoms with van der Waals surface area (Å²) in [5.41, 5.74) is 5.80. The number of hydrogen-bond donors (Lipinski definition) is 3. The Kier molecular flexibility index (Phi) is 6.95. The Hall–Kier alpha value is -3.06. The molecule has 0 saturated carbocycles. The second kappa shape index (κ2) is 9.63. The maximum Gasteiger partial charge on any atom is 0.271 e. The molecule has 9 heteroatoms. The molecule has 6 nitrogen and oxygen atoms in total. The van der Waals surface area contributed by atoms with Gasteiger partial charge in [-0.3, -0.25) is 25.2 Å². The van der Waals surface area contributed by atoms with Crippen molar-refractivity contribution in [1.29, 1.82) is 0 Å². The van der Waals surface area contributed by atoms with Crippen molar-refractivity contribution >= 4 is 58.2 Å². The number of rotatable bonds is 4. The SMILES string of the molecule is O=C(NNC(=O)c1ccc(Cl)cc1Cl)c1cccc(NC(=O)c2ccc(Cl)cc2)c1. The van der Waals surface area contributed by atoms with Gasteiger partial charge in [-0.25, -0.2) is 0 Å². The Morgan fingerprint density at radius 1 is 0.633 bits per heavy atom. The van der Waals surface area contributed by atoms with E-state index < -0.39 is 11.8 Å². The van der Waals surface area contributed by atoms with Crippen LogP contribution < -0.4 is 16.2 Å². The molecule has 0 spiro atoms. The normalized spacial score (nSPS) is 10.2. The highest BCUT2D eigenvalue weighted by Gasteiger charge is 2.13. The Morgan fingerprint density at radius 2 is 1.30 bits per heavy atom. The molecular formula is C21H14Cl3N3O3. The number of amides is 3. The van der Waals surface area contributed by atoms with Gasteiger partial charge in [0.2, 0.25) is 0 Å². The summed E-state index contributed by atoms with van der Waals surface area (Å²) < 4.78 is 0. The van der Waals surface area contributed by atoms with Gasteiger partial charge in [0, 0.05) is 26.9 Å². The van der Waals surface area contributed by atoms with E-state index in [9.17, 15) is 14.4 Å². The third-order valence-electron chi connectivity index (χ3n) is 3.95. The van der Waals surface area contributed by atoms with Crippen LogP contribution in [0.15, 0.2) is 66.7 Å². The maximum atomic E-state index is 12.4. The number of hydrazine groups is 1. The molecule has 3 rings (SSSR count). The highest BCUT2D eigenvalue weighted by molar-refractivity contribution is 6.36. The molecule has 0 aliphatic carbocycles. The number of benzene rings is 3. The first-order chi connectivity index (χ1) is 14.3. The standard InChI is InChI=1S/C21H14Cl3N3O3/c22-14-6-4-12(5-7-14)19(28)25-16-3-1-2-13(10-16)20(29)26-27-21(30)17-9-8-15(23)11-18(17)24/h1-11H,(H,25,28)(H,26,29)(H,27,30). The first kappa shape index (κ1) is 21.6. The molecule has 0 saturated heterocycles. The van der Waals surface area contributed by atoms with Gasteiger partial charge in [0.1, 0.15) is 0 Å². The van der Waals surface area contributed by atoms with E-state index in [2.05, 4.69) is 16.2 Å². The Morgan fingerprint density at radius 3 is 2.00 bits per heavy atom. The molecule has 0 aliphatic rings. The smallest absolute Gasteiger partial charge is 0.271 e. The molecule has 3 aromatic carbocycles. The van der Waals surface area contributed by atoms with Gasteiger partial charge in [0.05, 0.1) is 10.6 Å². The van der Waals surface area contributed by atoms with Crippen LogP contribution in [0.25, 0.3) is 0 Å². The lowest BCUT2D eigenvalue weighted by molar-refractivity contribution is 0.0847. The molecule has 3 N–H and O–H groups in total. The van der Waals surface area contributed by atoms with Crippen LogP contribution in [0, 0.1) is 0 Å². The van der Waals surface area contributed by atoms with Gasteiger partial charge in [-0.2, -0.15) is 0 Å². The highest BCUT2D eigenvalue weighted by atomic mass is 35.5. The summed E-state index contributed by atoms with van der Waals surface area (Å²) in [5.74, 6) is -1.52. The van der Waals surface area contributed by atoms with Gasteiger partial charge >= 0.3 is 0 Å². The van der Waals surface area contributed by atoms with E-state index in [1.807, 2.05) is 0 Å². The van der Waals surface area contributed by atoms with E-state index in [4.69, 9.17) is 34.8 Å². The first-order valence-corrected chi connectivity index (χ1v) is 9.69. The monoisotopic (exact) mass is 461 g/mol. The molecule has 3 amide bonds. The summed E-state index contributed by atoms with van der Waals surface area (Å²) >= 11 is 17.6. The van der Waals surface area contributed by atoms with Crippen LogP contribution in [0.3, 0.4) is 0 Å². The van der Waals surface area contributed by atoms with Crippen LogP contribution in [-0.2, 0) is 0 Å². The van der Waals surface area contributed by atoms with E-state index in [0.717, 1.165) is 0 Å². The van der Waals surface area contributed by atoms with E-state index in [1.165, 1.54) is 30.3 Å². The van der Waals surface area contributed by atoms with E-state index >= 15 is 0 Å². The van der Waals surface area contributed by atoms with Crippen molar-refractivity contribution in [3.63, 3.8) is 0 Å². The number of nitrogens with one attached hydrogen (secondary N) is 3. The lowest BCUT2D eigenvalue weighted by Crippen LogP contribution is -2.41. The molecule has 0 atom stereocenters. The molecule has 3 aromatic rings. The average Bonchev–Trinajstić information content (AvgIpc) is 2.72. The van der Waals surface area contributed by atoms with E-state index in [0.29, 0.717) is 21.3 Å². The molecular weight excluding hydrogens is 449 g/mol. The van der Waals surface area contributed by atoms with Gasteiger partial charge in [0.25, 0.3) is 17.7 Å². The minimum Gasteiger partial charge on any atom is -0.322 e. The summed E-state index contributed by atoms with van der Waals surface area (Å²) in [6.45, 7) is 0. The molecule has 0 heterocycles. The van der Waals surface area contributed by atoms with Crippen LogP contribution >= 0.6 is 34.8 Å². The van der Waals surface area contributed by atoms with Crippen molar-refractivity contribution < 1.29 is 14.4 Å². The summed E-state index contributed by atoms with van der Waals surface area (Å²) in [7, 11) is 0. The molecule has 0 aliphatic heterocycles. The largest absolute Gasteiger partial charge is 0.322 e. The van der Waals surface area contributed by atoms with Crippen molar-refractivity contribution in [2.75, 3.05) is 5.32 Å². The highest BCUT2D eigenvalue weighted by Crippen LogP contribution is 2.20. The third-order valence-corrected chi connectivity index (χ3v) is 4.75. The minimum atomic E-state index is -0.600. The minimum absolute atomic E-state index is 0.154. The van der Waals surface area contributed by atoms with Crippen LogP contribution in [0.2, 0.25) is 15.1 Å². The van der Waals surface area contributed by atoms with Crippen molar-refractivity contribution in [3.8, 4) is 0 Å². The van der Waals surface area contributed by atoms with E-state index in [1.54, 1.807) is 36.4 Å². The average molecular weight is 463 g/mol. The zero-order valence-corrected chi connectivity index (χ0v) is 17.5. The van der Waals surface area contributed by atoms with Crippen LogP contribution in [0.5, 0.6) is 0 Å². The Labute approximate surface area is 187 Å². The molecule has 0 fully saturated rings. The maximum absolute atomic E-state index is 12.4. The summed E-state index contributed by atoms with van der Waals surface area (Å²) in [6.07, 6.45) is 0. The fourth-order valence-corrected chi connectivity index (χ4v) is 3.09. The van der Waals surface area contributed by atoms with Crippen molar-refractivity contribution in [1.82, 2.24) is 10.9 Å². The number of halogens is 3. The predicted octanol–water partition coefficient (Wildman–Crippen LogP) is 4.97. The van der Waals surface area contributed by atoms with Gasteiger partial charge in [0.15, 0.2) is 0 Å². The summed E-state index contributed by atoms with van der Waals surface area (Å²) in [6, 6.07) is 17.0. The fraction of sp³-hybridized carbons (Fsp3) is 0. The molecule has 152 valence electrons. The third kappa shape index (κ3) is 5.51. The second-order valence-electron chi connectivity index (χ2n) is 6.07. The Bertz CT molecular complexity index is 1120. The van der Waals surface area contributed by atoms with Crippen LogP contribution in [0.4, 0.5) is 5.69 Å². The molecule has 0 unspecified atom stereocenters. The van der Waals surface area contributed by atoms with E-state index in [-0.39, 0.29) is 22.1 Å². The molecule has 0 bridgehead atoms. The van der Waals surface area contributed by atoms with Crippen molar-refractivity contribution in [2.45, 2.75) is 0 Å². The van der Waals surface area contributed by atoms with Crippen LogP contribution in [-0.4, -0.2) is 17.7 Å². The van der Waals surface area contributed by atoms with Crippen molar-refractivity contribution in [2.24, 2.45) is 0 Å². The summed E-state index contributed by atoms with van der Waals surface area (Å²) in [5, 5.41) is 3.76. The molecule has 30 heavy (non-hydrogen) atoms. The zero-order chi connectivity index (χ0) is 21.7.